The number of nitrogens with zero attached hydrogens (tertiary/aromatic N) is 3. The number of fused-ring (bicyclic) bond motifs is 1. The van der Waals surface area contributed by atoms with Crippen LogP contribution in [-0.4, -0.2) is 44.8 Å². The Morgan fingerprint density at radius 2 is 2.10 bits per heavy atom. The molecular formula is C14H22N6S. The van der Waals surface area contributed by atoms with Crippen LogP contribution < -0.4 is 10.6 Å². The number of hydrogen-bond donors (Lipinski definition) is 3. The normalized spacial score (nSPS) is 17.8. The van der Waals surface area contributed by atoms with Gasteiger partial charge in [-0.05, 0) is 19.1 Å². The molecule has 21 heavy (non-hydrogen) atoms. The van der Waals surface area contributed by atoms with Gasteiger partial charge in [-0.15, -0.1) is 0 Å². The third-order valence-corrected chi connectivity index (χ3v) is 5.73. The molecule has 1 fully saturated rings. The standard InChI is InChI=1S/C14H22N6S/c1-15-13-18-11(10-8-17-20-12(10)19-13)16-9-14(21-2)6-4-3-5-7-14/h8H,3-7,9H2,1-2H3,(H3,15,16,17,18,19,20). The summed E-state index contributed by atoms with van der Waals surface area (Å²) in [6.45, 7) is 0.939. The molecule has 0 bridgehead atoms. The number of aromatic nitrogens is 4. The summed E-state index contributed by atoms with van der Waals surface area (Å²) >= 11 is 1.98. The molecule has 1 aliphatic carbocycles. The van der Waals surface area contributed by atoms with Gasteiger partial charge in [-0.2, -0.15) is 26.8 Å². The lowest BCUT2D eigenvalue weighted by Crippen LogP contribution is -2.35. The summed E-state index contributed by atoms with van der Waals surface area (Å²) in [6.07, 6.45) is 10.6. The summed E-state index contributed by atoms with van der Waals surface area (Å²) in [5, 5.41) is 14.5. The molecule has 3 rings (SSSR count). The van der Waals surface area contributed by atoms with Crippen molar-refractivity contribution in [1.82, 2.24) is 20.2 Å². The van der Waals surface area contributed by atoms with Crippen molar-refractivity contribution >= 4 is 34.6 Å². The fourth-order valence-corrected chi connectivity index (χ4v) is 3.89. The largest absolute Gasteiger partial charge is 0.368 e. The minimum Gasteiger partial charge on any atom is -0.368 e. The van der Waals surface area contributed by atoms with E-state index in [0.717, 1.165) is 23.4 Å². The summed E-state index contributed by atoms with van der Waals surface area (Å²) in [5.41, 5.74) is 0.763. The molecule has 2 heterocycles. The molecule has 7 heteroatoms. The lowest BCUT2D eigenvalue weighted by molar-refractivity contribution is 0.411. The molecule has 2 aromatic heterocycles. The van der Waals surface area contributed by atoms with E-state index >= 15 is 0 Å². The number of thioether (sulfide) groups is 1. The second kappa shape index (κ2) is 6.09. The maximum Gasteiger partial charge on any atom is 0.226 e. The lowest BCUT2D eigenvalue weighted by Gasteiger charge is -2.36. The lowest BCUT2D eigenvalue weighted by atomic mass is 9.88. The summed E-state index contributed by atoms with van der Waals surface area (Å²) in [4.78, 5) is 8.90. The Hall–Kier alpha value is -1.50. The number of hydrogen-bond acceptors (Lipinski definition) is 6. The second-order valence-corrected chi connectivity index (χ2v) is 6.85. The van der Waals surface area contributed by atoms with E-state index < -0.39 is 0 Å². The molecule has 0 spiro atoms. The van der Waals surface area contributed by atoms with Gasteiger partial charge >= 0.3 is 0 Å². The Kier molecular flexibility index (Phi) is 4.19. The highest BCUT2D eigenvalue weighted by Crippen LogP contribution is 2.38. The molecule has 114 valence electrons. The summed E-state index contributed by atoms with van der Waals surface area (Å²) < 4.78 is 0.332. The van der Waals surface area contributed by atoms with Crippen molar-refractivity contribution in [3.63, 3.8) is 0 Å². The van der Waals surface area contributed by atoms with E-state index in [9.17, 15) is 0 Å². The van der Waals surface area contributed by atoms with E-state index in [1.807, 2.05) is 18.8 Å². The molecule has 0 aromatic carbocycles. The van der Waals surface area contributed by atoms with E-state index in [2.05, 4.69) is 37.1 Å². The first kappa shape index (κ1) is 14.4. The van der Waals surface area contributed by atoms with Gasteiger partial charge in [0.05, 0.1) is 11.6 Å². The zero-order valence-corrected chi connectivity index (χ0v) is 13.4. The molecule has 0 saturated heterocycles. The second-order valence-electron chi connectivity index (χ2n) is 5.58. The molecular weight excluding hydrogens is 284 g/mol. The van der Waals surface area contributed by atoms with E-state index in [1.54, 1.807) is 6.20 Å². The van der Waals surface area contributed by atoms with Crippen molar-refractivity contribution in [3.8, 4) is 0 Å². The number of anilines is 2. The molecule has 0 aliphatic heterocycles. The van der Waals surface area contributed by atoms with E-state index in [4.69, 9.17) is 0 Å². The molecule has 0 radical (unpaired) electrons. The minimum atomic E-state index is 0.332. The number of aromatic amines is 1. The average Bonchev–Trinajstić information content (AvgIpc) is 3.02. The van der Waals surface area contributed by atoms with Crippen molar-refractivity contribution in [2.45, 2.75) is 36.9 Å². The predicted molar refractivity (Wildman–Crippen MR) is 89.1 cm³/mol. The fraction of sp³-hybridized carbons (Fsp3) is 0.643. The van der Waals surface area contributed by atoms with Crippen LogP contribution in [0.3, 0.4) is 0 Å². The van der Waals surface area contributed by atoms with Crippen LogP contribution in [0.4, 0.5) is 11.8 Å². The van der Waals surface area contributed by atoms with Crippen molar-refractivity contribution < 1.29 is 0 Å². The average molecular weight is 306 g/mol. The molecule has 1 aliphatic rings. The summed E-state index contributed by atoms with van der Waals surface area (Å²) in [5.74, 6) is 1.47. The molecule has 2 aromatic rings. The van der Waals surface area contributed by atoms with Crippen LogP contribution in [0.2, 0.25) is 0 Å². The van der Waals surface area contributed by atoms with Crippen LogP contribution in [0.15, 0.2) is 6.20 Å². The Balaban J connectivity index is 1.82. The molecule has 0 amide bonds. The van der Waals surface area contributed by atoms with Crippen LogP contribution in [0.25, 0.3) is 11.0 Å². The molecule has 3 N–H and O–H groups in total. The number of nitrogens with one attached hydrogen (secondary N) is 3. The third kappa shape index (κ3) is 2.92. The van der Waals surface area contributed by atoms with E-state index in [0.29, 0.717) is 10.7 Å². The maximum atomic E-state index is 4.54. The minimum absolute atomic E-state index is 0.332. The van der Waals surface area contributed by atoms with Crippen molar-refractivity contribution in [2.24, 2.45) is 0 Å². The van der Waals surface area contributed by atoms with Gasteiger partial charge in [-0.3, -0.25) is 5.10 Å². The fourth-order valence-electron chi connectivity index (χ4n) is 2.98. The Bertz CT molecular complexity index is 605. The topological polar surface area (TPSA) is 78.5 Å². The summed E-state index contributed by atoms with van der Waals surface area (Å²) in [7, 11) is 1.83. The van der Waals surface area contributed by atoms with Crippen LogP contribution in [0.5, 0.6) is 0 Å². The summed E-state index contributed by atoms with van der Waals surface area (Å²) in [6, 6.07) is 0. The Labute approximate surface area is 128 Å². The SMILES string of the molecule is CNc1nc(NCC2(SC)CCCCC2)c2cn[nH]c2n1. The van der Waals surface area contributed by atoms with Gasteiger partial charge < -0.3 is 10.6 Å². The Morgan fingerprint density at radius 3 is 2.81 bits per heavy atom. The zero-order chi connectivity index (χ0) is 14.7. The van der Waals surface area contributed by atoms with Crippen molar-refractivity contribution in [1.29, 1.82) is 0 Å². The van der Waals surface area contributed by atoms with Crippen LogP contribution in [0, 0.1) is 0 Å². The quantitative estimate of drug-likeness (QED) is 0.788. The van der Waals surface area contributed by atoms with Crippen LogP contribution >= 0.6 is 11.8 Å². The smallest absolute Gasteiger partial charge is 0.226 e. The third-order valence-electron chi connectivity index (χ3n) is 4.31. The monoisotopic (exact) mass is 306 g/mol. The first-order chi connectivity index (χ1) is 10.3. The highest BCUT2D eigenvalue weighted by atomic mass is 32.2. The molecule has 6 nitrogen and oxygen atoms in total. The van der Waals surface area contributed by atoms with Gasteiger partial charge in [0.15, 0.2) is 5.65 Å². The number of rotatable bonds is 5. The first-order valence-corrected chi connectivity index (χ1v) is 8.67. The van der Waals surface area contributed by atoms with Gasteiger partial charge in [0.2, 0.25) is 5.95 Å². The van der Waals surface area contributed by atoms with Crippen molar-refractivity contribution in [2.75, 3.05) is 30.5 Å². The maximum absolute atomic E-state index is 4.54. The molecule has 1 saturated carbocycles. The van der Waals surface area contributed by atoms with Crippen molar-refractivity contribution in [3.05, 3.63) is 6.20 Å². The van der Waals surface area contributed by atoms with Crippen LogP contribution in [-0.2, 0) is 0 Å². The first-order valence-electron chi connectivity index (χ1n) is 7.44. The van der Waals surface area contributed by atoms with Gasteiger partial charge in [-0.1, -0.05) is 19.3 Å². The van der Waals surface area contributed by atoms with Gasteiger partial charge in [0.25, 0.3) is 0 Å². The zero-order valence-electron chi connectivity index (χ0n) is 12.6. The van der Waals surface area contributed by atoms with Gasteiger partial charge in [0.1, 0.15) is 5.82 Å². The predicted octanol–water partition coefficient (Wildman–Crippen LogP) is 2.87. The van der Waals surface area contributed by atoms with Gasteiger partial charge in [0, 0.05) is 18.3 Å². The molecule has 0 unspecified atom stereocenters. The highest BCUT2D eigenvalue weighted by molar-refractivity contribution is 8.00. The number of H-pyrrole nitrogens is 1. The van der Waals surface area contributed by atoms with Gasteiger partial charge in [-0.25, -0.2) is 0 Å². The van der Waals surface area contributed by atoms with E-state index in [-0.39, 0.29) is 0 Å². The highest BCUT2D eigenvalue weighted by Gasteiger charge is 2.31. The molecule has 0 atom stereocenters. The van der Waals surface area contributed by atoms with Crippen LogP contribution in [0.1, 0.15) is 32.1 Å². The van der Waals surface area contributed by atoms with E-state index in [1.165, 1.54) is 32.1 Å². The Morgan fingerprint density at radius 1 is 1.29 bits per heavy atom.